The van der Waals surface area contributed by atoms with Gasteiger partial charge >= 0.3 is 0 Å². The average Bonchev–Trinajstić information content (AvgIpc) is 2.57. The highest BCUT2D eigenvalue weighted by Crippen LogP contribution is 2.11. The van der Waals surface area contributed by atoms with Crippen LogP contribution in [0.4, 0.5) is 5.69 Å². The van der Waals surface area contributed by atoms with Crippen molar-refractivity contribution < 1.29 is 4.79 Å². The van der Waals surface area contributed by atoms with Gasteiger partial charge in [0, 0.05) is 31.7 Å². The van der Waals surface area contributed by atoms with E-state index in [4.69, 9.17) is 0 Å². The van der Waals surface area contributed by atoms with Gasteiger partial charge < -0.3 is 16.0 Å². The van der Waals surface area contributed by atoms with E-state index in [0.717, 1.165) is 30.1 Å². The zero-order valence-electron chi connectivity index (χ0n) is 16.8. The first kappa shape index (κ1) is 24.7. The summed E-state index contributed by atoms with van der Waals surface area (Å²) in [5.74, 6) is 1.57. The van der Waals surface area contributed by atoms with Gasteiger partial charge in [0.05, 0.1) is 0 Å². The molecule has 0 aliphatic rings. The van der Waals surface area contributed by atoms with E-state index >= 15 is 0 Å². The molecule has 1 aromatic rings. The fraction of sp³-hybridized carbons (Fsp3) is 0.600. The number of aliphatic imine (C=N–C) groups is 1. The maximum Gasteiger partial charge on any atom is 0.224 e. The molecule has 0 heterocycles. The van der Waals surface area contributed by atoms with Crippen LogP contribution < -0.4 is 16.0 Å². The molecule has 6 heteroatoms. The van der Waals surface area contributed by atoms with Gasteiger partial charge in [0.25, 0.3) is 0 Å². The van der Waals surface area contributed by atoms with Gasteiger partial charge in [-0.3, -0.25) is 9.79 Å². The number of carbonyl (C=O) groups excluding carboxylic acids is 1. The number of anilines is 1. The van der Waals surface area contributed by atoms with Crippen LogP contribution in [-0.2, 0) is 11.3 Å². The minimum absolute atomic E-state index is 0. The summed E-state index contributed by atoms with van der Waals surface area (Å²) in [7, 11) is 1.78. The molecule has 0 aliphatic heterocycles. The number of rotatable bonds is 9. The van der Waals surface area contributed by atoms with Crippen molar-refractivity contribution in [2.45, 2.75) is 66.0 Å². The number of benzene rings is 1. The van der Waals surface area contributed by atoms with Crippen molar-refractivity contribution in [3.8, 4) is 0 Å². The molecule has 148 valence electrons. The standard InChI is InChI=1S/C20H34N4O.HI/c1-6-8-19(25)24-18-10-7-9-17(13-18)14-22-20(21-5)23-16(4)12-11-15(2)3;/h7,9-10,13,15-16H,6,8,11-12,14H2,1-5H3,(H,24,25)(H2,21,22,23);1H. The van der Waals surface area contributed by atoms with E-state index in [9.17, 15) is 4.79 Å². The summed E-state index contributed by atoms with van der Waals surface area (Å²) >= 11 is 0. The fourth-order valence-electron chi connectivity index (χ4n) is 2.48. The van der Waals surface area contributed by atoms with E-state index in [1.165, 1.54) is 6.42 Å². The lowest BCUT2D eigenvalue weighted by atomic mass is 10.0. The van der Waals surface area contributed by atoms with Crippen molar-refractivity contribution in [3.05, 3.63) is 29.8 Å². The SMILES string of the molecule is CCCC(=O)Nc1cccc(CNC(=NC)NC(C)CCC(C)C)c1.I. The largest absolute Gasteiger partial charge is 0.354 e. The van der Waals surface area contributed by atoms with Crippen molar-refractivity contribution in [1.29, 1.82) is 0 Å². The molecule has 0 bridgehead atoms. The molecule has 1 amide bonds. The number of halogens is 1. The molecule has 0 saturated heterocycles. The van der Waals surface area contributed by atoms with E-state index < -0.39 is 0 Å². The Hall–Kier alpha value is -1.31. The van der Waals surface area contributed by atoms with Crippen LogP contribution in [0.25, 0.3) is 0 Å². The Kier molecular flexibility index (Phi) is 13.1. The molecular weight excluding hydrogens is 439 g/mol. The lowest BCUT2D eigenvalue weighted by Gasteiger charge is -2.19. The van der Waals surface area contributed by atoms with E-state index in [1.807, 2.05) is 31.2 Å². The van der Waals surface area contributed by atoms with Crippen molar-refractivity contribution in [2.24, 2.45) is 10.9 Å². The van der Waals surface area contributed by atoms with Crippen molar-refractivity contribution in [2.75, 3.05) is 12.4 Å². The molecule has 0 aliphatic carbocycles. The first-order valence-electron chi connectivity index (χ1n) is 9.30. The second kappa shape index (κ2) is 13.8. The molecule has 1 rings (SSSR count). The van der Waals surface area contributed by atoms with Gasteiger partial charge in [0.15, 0.2) is 5.96 Å². The maximum atomic E-state index is 11.7. The molecular formula is C20H35IN4O. The number of guanidine groups is 1. The Bertz CT molecular complexity index is 560. The van der Waals surface area contributed by atoms with Gasteiger partial charge in [-0.25, -0.2) is 0 Å². The summed E-state index contributed by atoms with van der Waals surface area (Å²) in [6.45, 7) is 9.33. The predicted molar refractivity (Wildman–Crippen MR) is 122 cm³/mol. The Balaban J connectivity index is 0.00000625. The Morgan fingerprint density at radius 1 is 1.19 bits per heavy atom. The number of hydrogen-bond donors (Lipinski definition) is 3. The molecule has 0 spiro atoms. The van der Waals surface area contributed by atoms with Crippen molar-refractivity contribution in [1.82, 2.24) is 10.6 Å². The number of hydrogen-bond acceptors (Lipinski definition) is 2. The summed E-state index contributed by atoms with van der Waals surface area (Å²) in [4.78, 5) is 16.0. The highest BCUT2D eigenvalue weighted by molar-refractivity contribution is 14.0. The molecule has 0 aromatic heterocycles. The van der Waals surface area contributed by atoms with E-state index in [2.05, 4.69) is 41.7 Å². The number of carbonyl (C=O) groups is 1. The van der Waals surface area contributed by atoms with Crippen LogP contribution in [0.2, 0.25) is 0 Å². The van der Waals surface area contributed by atoms with Crippen LogP contribution in [0.1, 0.15) is 58.9 Å². The summed E-state index contributed by atoms with van der Waals surface area (Å²) in [5.41, 5.74) is 1.94. The quantitative estimate of drug-likeness (QED) is 0.280. The maximum absolute atomic E-state index is 11.7. The molecule has 1 atom stereocenters. The molecule has 3 N–H and O–H groups in total. The van der Waals surface area contributed by atoms with Crippen LogP contribution in [-0.4, -0.2) is 25.0 Å². The molecule has 0 radical (unpaired) electrons. The third-order valence-corrected chi connectivity index (χ3v) is 3.93. The van der Waals surface area contributed by atoms with Gasteiger partial charge in [-0.2, -0.15) is 0 Å². The lowest BCUT2D eigenvalue weighted by Crippen LogP contribution is -2.41. The molecule has 1 unspecified atom stereocenters. The summed E-state index contributed by atoms with van der Waals surface area (Å²) in [6.07, 6.45) is 3.72. The van der Waals surface area contributed by atoms with Gasteiger partial charge in [0.2, 0.25) is 5.91 Å². The van der Waals surface area contributed by atoms with Crippen molar-refractivity contribution in [3.63, 3.8) is 0 Å². The molecule has 0 fully saturated rings. The van der Waals surface area contributed by atoms with Crippen LogP contribution in [0.3, 0.4) is 0 Å². The molecule has 26 heavy (non-hydrogen) atoms. The van der Waals surface area contributed by atoms with Gasteiger partial charge in [-0.15, -0.1) is 24.0 Å². The van der Waals surface area contributed by atoms with Crippen LogP contribution in [0.15, 0.2) is 29.3 Å². The van der Waals surface area contributed by atoms with E-state index in [0.29, 0.717) is 24.9 Å². The third kappa shape index (κ3) is 10.6. The number of nitrogens with one attached hydrogen (secondary N) is 3. The molecule has 5 nitrogen and oxygen atoms in total. The Labute approximate surface area is 175 Å². The highest BCUT2D eigenvalue weighted by Gasteiger charge is 2.07. The second-order valence-electron chi connectivity index (χ2n) is 6.94. The number of nitrogens with zero attached hydrogens (tertiary/aromatic N) is 1. The predicted octanol–water partition coefficient (Wildman–Crippen LogP) is 4.53. The first-order valence-corrected chi connectivity index (χ1v) is 9.30. The first-order chi connectivity index (χ1) is 11.9. The van der Waals surface area contributed by atoms with Gasteiger partial charge in [-0.1, -0.05) is 32.9 Å². The normalized spacial score (nSPS) is 12.3. The molecule has 1 aromatic carbocycles. The summed E-state index contributed by atoms with van der Waals surface area (Å²) in [5, 5.41) is 9.69. The highest BCUT2D eigenvalue weighted by atomic mass is 127. The number of amides is 1. The Morgan fingerprint density at radius 2 is 1.92 bits per heavy atom. The van der Waals surface area contributed by atoms with E-state index in [-0.39, 0.29) is 29.9 Å². The van der Waals surface area contributed by atoms with Crippen LogP contribution >= 0.6 is 24.0 Å². The second-order valence-corrected chi connectivity index (χ2v) is 6.94. The zero-order valence-corrected chi connectivity index (χ0v) is 19.1. The van der Waals surface area contributed by atoms with E-state index in [1.54, 1.807) is 7.05 Å². The monoisotopic (exact) mass is 474 g/mol. The van der Waals surface area contributed by atoms with Crippen molar-refractivity contribution >= 4 is 41.5 Å². The minimum Gasteiger partial charge on any atom is -0.354 e. The van der Waals surface area contributed by atoms with Crippen LogP contribution in [0, 0.1) is 5.92 Å². The van der Waals surface area contributed by atoms with Crippen LogP contribution in [0.5, 0.6) is 0 Å². The minimum atomic E-state index is 0. The molecule has 0 saturated carbocycles. The summed E-state index contributed by atoms with van der Waals surface area (Å²) in [6, 6.07) is 8.29. The fourth-order valence-corrected chi connectivity index (χ4v) is 2.48. The topological polar surface area (TPSA) is 65.5 Å². The smallest absolute Gasteiger partial charge is 0.224 e. The lowest BCUT2D eigenvalue weighted by molar-refractivity contribution is -0.116. The zero-order chi connectivity index (χ0) is 18.7. The summed E-state index contributed by atoms with van der Waals surface area (Å²) < 4.78 is 0. The van der Waals surface area contributed by atoms with Gasteiger partial charge in [-0.05, 0) is 49.8 Å². The third-order valence-electron chi connectivity index (χ3n) is 3.93. The Morgan fingerprint density at radius 3 is 2.54 bits per heavy atom. The van der Waals surface area contributed by atoms with Gasteiger partial charge in [0.1, 0.15) is 0 Å². The average molecular weight is 474 g/mol.